The Labute approximate surface area is 173 Å². The lowest BCUT2D eigenvalue weighted by Gasteiger charge is -2.10. The van der Waals surface area contributed by atoms with Crippen molar-refractivity contribution in [1.82, 2.24) is 4.98 Å². The SMILES string of the molecule is NCc1cccc(-c2cc(C(N)=O)cc3c(-c4ccccc4CC(=O)O)c[nH]c23)c1. The number of hydrogen-bond acceptors (Lipinski definition) is 3. The Kier molecular flexibility index (Phi) is 5.08. The summed E-state index contributed by atoms with van der Waals surface area (Å²) in [6.07, 6.45) is 1.75. The number of hydrogen-bond donors (Lipinski definition) is 4. The molecule has 0 spiro atoms. The lowest BCUT2D eigenvalue weighted by molar-refractivity contribution is -0.136. The molecule has 0 fully saturated rings. The minimum atomic E-state index is -0.903. The molecule has 0 bridgehead atoms. The number of benzene rings is 3. The maximum absolute atomic E-state index is 12.0. The second-order valence-corrected chi connectivity index (χ2v) is 7.15. The smallest absolute Gasteiger partial charge is 0.307 e. The monoisotopic (exact) mass is 399 g/mol. The van der Waals surface area contributed by atoms with Crippen LogP contribution in [0.25, 0.3) is 33.2 Å². The lowest BCUT2D eigenvalue weighted by Crippen LogP contribution is -2.11. The average Bonchev–Trinajstić information content (AvgIpc) is 3.17. The highest BCUT2D eigenvalue weighted by Crippen LogP contribution is 2.37. The van der Waals surface area contributed by atoms with Crippen molar-refractivity contribution >= 4 is 22.8 Å². The van der Waals surface area contributed by atoms with Crippen molar-refractivity contribution in [3.8, 4) is 22.3 Å². The predicted octanol–water partition coefficient (Wildman–Crippen LogP) is 3.69. The number of aromatic amines is 1. The fraction of sp³-hybridized carbons (Fsp3) is 0.0833. The Morgan fingerprint density at radius 3 is 2.47 bits per heavy atom. The highest BCUT2D eigenvalue weighted by Gasteiger charge is 2.17. The first-order chi connectivity index (χ1) is 14.5. The maximum Gasteiger partial charge on any atom is 0.307 e. The lowest BCUT2D eigenvalue weighted by atomic mass is 9.93. The number of aliphatic carboxylic acids is 1. The number of amides is 1. The van der Waals surface area contributed by atoms with E-state index in [2.05, 4.69) is 4.98 Å². The van der Waals surface area contributed by atoms with Gasteiger partial charge in [-0.05, 0) is 40.5 Å². The van der Waals surface area contributed by atoms with Gasteiger partial charge < -0.3 is 21.6 Å². The number of primary amides is 1. The Morgan fingerprint density at radius 1 is 0.933 bits per heavy atom. The van der Waals surface area contributed by atoms with Crippen molar-refractivity contribution in [1.29, 1.82) is 0 Å². The second-order valence-electron chi connectivity index (χ2n) is 7.15. The first-order valence-corrected chi connectivity index (χ1v) is 9.52. The van der Waals surface area contributed by atoms with Crippen molar-refractivity contribution in [3.63, 3.8) is 0 Å². The molecule has 0 radical (unpaired) electrons. The Balaban J connectivity index is 1.99. The molecule has 1 heterocycles. The van der Waals surface area contributed by atoms with Crippen LogP contribution in [0.1, 0.15) is 21.5 Å². The van der Waals surface area contributed by atoms with E-state index in [1.165, 1.54) is 0 Å². The predicted molar refractivity (Wildman–Crippen MR) is 117 cm³/mol. The highest BCUT2D eigenvalue weighted by atomic mass is 16.4. The van der Waals surface area contributed by atoms with Gasteiger partial charge in [-0.3, -0.25) is 9.59 Å². The maximum atomic E-state index is 12.0. The van der Waals surface area contributed by atoms with E-state index >= 15 is 0 Å². The number of H-pyrrole nitrogens is 1. The van der Waals surface area contributed by atoms with Gasteiger partial charge in [0.15, 0.2) is 0 Å². The third-order valence-electron chi connectivity index (χ3n) is 5.20. The number of fused-ring (bicyclic) bond motifs is 1. The number of carboxylic acid groups (broad SMARTS) is 1. The summed E-state index contributed by atoms with van der Waals surface area (Å²) in [5, 5.41) is 10.1. The zero-order valence-electron chi connectivity index (χ0n) is 16.2. The molecular weight excluding hydrogens is 378 g/mol. The van der Waals surface area contributed by atoms with Crippen molar-refractivity contribution in [3.05, 3.63) is 83.6 Å². The molecule has 1 aromatic heterocycles. The highest BCUT2D eigenvalue weighted by molar-refractivity contribution is 6.08. The van der Waals surface area contributed by atoms with E-state index in [0.717, 1.165) is 38.7 Å². The Bertz CT molecular complexity index is 1270. The summed E-state index contributed by atoms with van der Waals surface area (Å²) in [6, 6.07) is 18.7. The van der Waals surface area contributed by atoms with Crippen molar-refractivity contribution in [2.24, 2.45) is 11.5 Å². The third-order valence-corrected chi connectivity index (χ3v) is 5.20. The summed E-state index contributed by atoms with van der Waals surface area (Å²) < 4.78 is 0. The van der Waals surface area contributed by atoms with Crippen LogP contribution in [0.5, 0.6) is 0 Å². The van der Waals surface area contributed by atoms with Crippen LogP contribution < -0.4 is 11.5 Å². The van der Waals surface area contributed by atoms with Crippen molar-refractivity contribution in [2.45, 2.75) is 13.0 Å². The van der Waals surface area contributed by atoms with Gasteiger partial charge in [0.1, 0.15) is 0 Å². The summed E-state index contributed by atoms with van der Waals surface area (Å²) in [4.78, 5) is 26.7. The van der Waals surface area contributed by atoms with E-state index in [0.29, 0.717) is 17.7 Å². The number of carboxylic acids is 1. The fourth-order valence-corrected chi connectivity index (χ4v) is 3.79. The Hall–Kier alpha value is -3.90. The van der Waals surface area contributed by atoms with Gasteiger partial charge in [-0.1, -0.05) is 42.5 Å². The summed E-state index contributed by atoms with van der Waals surface area (Å²) in [6.45, 7) is 0.408. The van der Waals surface area contributed by atoms with Crippen LogP contribution in [-0.4, -0.2) is 22.0 Å². The summed E-state index contributed by atoms with van der Waals surface area (Å²) in [7, 11) is 0. The molecule has 0 aliphatic heterocycles. The minimum absolute atomic E-state index is 0.0935. The van der Waals surface area contributed by atoms with Gasteiger partial charge in [-0.2, -0.15) is 0 Å². The van der Waals surface area contributed by atoms with Crippen LogP contribution in [0.15, 0.2) is 66.9 Å². The van der Waals surface area contributed by atoms with Gasteiger partial charge in [0.25, 0.3) is 0 Å². The molecule has 4 aromatic rings. The van der Waals surface area contributed by atoms with Gasteiger partial charge in [0.2, 0.25) is 5.91 Å². The molecule has 6 nitrogen and oxygen atoms in total. The number of nitrogens with two attached hydrogens (primary N) is 2. The van der Waals surface area contributed by atoms with Gasteiger partial charge in [0, 0.05) is 34.8 Å². The number of nitrogens with one attached hydrogen (secondary N) is 1. The van der Waals surface area contributed by atoms with E-state index in [9.17, 15) is 14.7 Å². The van der Waals surface area contributed by atoms with Crippen molar-refractivity contribution in [2.75, 3.05) is 0 Å². The van der Waals surface area contributed by atoms with Crippen molar-refractivity contribution < 1.29 is 14.7 Å². The largest absolute Gasteiger partial charge is 0.481 e. The number of rotatable bonds is 6. The van der Waals surface area contributed by atoms with E-state index < -0.39 is 11.9 Å². The Morgan fingerprint density at radius 2 is 1.73 bits per heavy atom. The van der Waals surface area contributed by atoms with E-state index in [4.69, 9.17) is 11.5 Å². The molecule has 30 heavy (non-hydrogen) atoms. The van der Waals surface area contributed by atoms with Gasteiger partial charge in [0.05, 0.1) is 11.9 Å². The first kappa shape index (κ1) is 19.4. The molecule has 0 aliphatic rings. The standard InChI is InChI=1S/C24H21N3O3/c25-12-14-4-3-6-15(8-14)19-9-17(24(26)30)10-20-21(13-27-23(19)20)18-7-2-1-5-16(18)11-22(28)29/h1-10,13,27H,11-12,25H2,(H2,26,30)(H,28,29). The molecule has 0 unspecified atom stereocenters. The second kappa shape index (κ2) is 7.85. The van der Waals surface area contributed by atoms with Gasteiger partial charge >= 0.3 is 5.97 Å². The topological polar surface area (TPSA) is 122 Å². The van der Waals surface area contributed by atoms with E-state index in [1.54, 1.807) is 18.2 Å². The molecule has 150 valence electrons. The van der Waals surface area contributed by atoms with Crippen LogP contribution in [0.2, 0.25) is 0 Å². The zero-order chi connectivity index (χ0) is 21.3. The number of carbonyl (C=O) groups excluding carboxylic acids is 1. The molecule has 0 aliphatic carbocycles. The zero-order valence-corrected chi connectivity index (χ0v) is 16.2. The van der Waals surface area contributed by atoms with Gasteiger partial charge in [-0.25, -0.2) is 0 Å². The molecule has 1 amide bonds. The average molecular weight is 399 g/mol. The molecule has 0 saturated heterocycles. The molecule has 6 N–H and O–H groups in total. The first-order valence-electron chi connectivity index (χ1n) is 9.52. The molecule has 3 aromatic carbocycles. The minimum Gasteiger partial charge on any atom is -0.481 e. The molecule has 4 rings (SSSR count). The van der Waals surface area contributed by atoms with Crippen LogP contribution in [-0.2, 0) is 17.8 Å². The molecule has 0 atom stereocenters. The van der Waals surface area contributed by atoms with Crippen LogP contribution in [0.3, 0.4) is 0 Å². The van der Waals surface area contributed by atoms with Crippen LogP contribution in [0.4, 0.5) is 0 Å². The summed E-state index contributed by atoms with van der Waals surface area (Å²) in [5.74, 6) is -1.43. The van der Waals surface area contributed by atoms with E-state index in [-0.39, 0.29) is 6.42 Å². The third kappa shape index (κ3) is 3.56. The van der Waals surface area contributed by atoms with E-state index in [1.807, 2.05) is 48.7 Å². The summed E-state index contributed by atoms with van der Waals surface area (Å²) >= 11 is 0. The number of aromatic nitrogens is 1. The molecule has 0 saturated carbocycles. The molecular formula is C24H21N3O3. The van der Waals surface area contributed by atoms with Crippen LogP contribution >= 0.6 is 0 Å². The van der Waals surface area contributed by atoms with Gasteiger partial charge in [-0.15, -0.1) is 0 Å². The number of carbonyl (C=O) groups is 2. The summed E-state index contributed by atoms with van der Waals surface area (Å²) in [5.41, 5.74) is 17.7. The van der Waals surface area contributed by atoms with Crippen LogP contribution in [0, 0.1) is 0 Å². The quantitative estimate of drug-likeness (QED) is 0.395. The normalized spacial score (nSPS) is 11.0. The fourth-order valence-electron chi connectivity index (χ4n) is 3.79. The molecule has 6 heteroatoms.